The molecule has 0 N–H and O–H groups in total. The molecule has 0 aliphatic heterocycles. The second-order valence-electron chi connectivity index (χ2n) is 6.15. The van der Waals surface area contributed by atoms with E-state index in [1.807, 2.05) is 0 Å². The second kappa shape index (κ2) is 8.90. The molecule has 0 rings (SSSR count). The van der Waals surface area contributed by atoms with E-state index in [0.717, 1.165) is 29.0 Å². The van der Waals surface area contributed by atoms with Crippen molar-refractivity contribution < 1.29 is 57.1 Å². The van der Waals surface area contributed by atoms with E-state index in [2.05, 4.69) is 0 Å². The number of halogens is 14. The zero-order chi connectivity index (χ0) is 22.8. The van der Waals surface area contributed by atoms with Gasteiger partial charge in [0.2, 0.25) is 0 Å². The SMILES string of the molecule is CCCCCC[C@@H](I)CC(F)(F)C(F)(F)C(F)(F)C(F)(F)C(F)(F)C(F)(F)F. The Morgan fingerprint density at radius 1 is 0.607 bits per heavy atom. The van der Waals surface area contributed by atoms with Crippen molar-refractivity contribution in [3.63, 3.8) is 0 Å². The van der Waals surface area contributed by atoms with Crippen LogP contribution in [0.5, 0.6) is 0 Å². The van der Waals surface area contributed by atoms with Crippen molar-refractivity contribution in [3.8, 4) is 0 Å². The van der Waals surface area contributed by atoms with E-state index in [1.54, 1.807) is 6.92 Å². The molecule has 0 saturated heterocycles. The highest BCUT2D eigenvalue weighted by atomic mass is 127. The molecule has 0 nitrogen and oxygen atoms in total. The average Bonchev–Trinajstić information content (AvgIpc) is 2.49. The summed E-state index contributed by atoms with van der Waals surface area (Å²) in [5.74, 6) is -36.3. The molecule has 0 unspecified atom stereocenters. The smallest absolute Gasteiger partial charge is 0.200 e. The molecule has 0 aromatic heterocycles. The van der Waals surface area contributed by atoms with Crippen LogP contribution in [-0.2, 0) is 0 Å². The molecule has 0 heterocycles. The van der Waals surface area contributed by atoms with Crippen LogP contribution in [0.25, 0.3) is 0 Å². The van der Waals surface area contributed by atoms with Crippen molar-refractivity contribution in [1.82, 2.24) is 0 Å². The molecular weight excluding hydrogens is 542 g/mol. The second-order valence-corrected chi connectivity index (χ2v) is 7.91. The zero-order valence-electron chi connectivity index (χ0n) is 14.1. The number of alkyl halides is 14. The van der Waals surface area contributed by atoms with Gasteiger partial charge in [0.1, 0.15) is 0 Å². The zero-order valence-corrected chi connectivity index (χ0v) is 16.3. The molecule has 0 spiro atoms. The summed E-state index contributed by atoms with van der Waals surface area (Å²) in [5, 5.41) is 0. The van der Waals surface area contributed by atoms with Gasteiger partial charge in [0.05, 0.1) is 0 Å². The summed E-state index contributed by atoms with van der Waals surface area (Å²) in [5.41, 5.74) is 0. The first-order chi connectivity index (χ1) is 12.2. The van der Waals surface area contributed by atoms with Gasteiger partial charge in [-0.05, 0) is 6.42 Å². The molecule has 170 valence electrons. The minimum atomic E-state index is -7.83. The van der Waals surface area contributed by atoms with Crippen LogP contribution >= 0.6 is 22.6 Å². The lowest BCUT2D eigenvalue weighted by atomic mass is 9.91. The van der Waals surface area contributed by atoms with E-state index in [9.17, 15) is 57.1 Å². The van der Waals surface area contributed by atoms with E-state index in [0.29, 0.717) is 12.8 Å². The third kappa shape index (κ3) is 5.10. The summed E-state index contributed by atoms with van der Waals surface area (Å²) in [6, 6.07) is 0. The quantitative estimate of drug-likeness (QED) is 0.105. The predicted octanol–water partition coefficient (Wildman–Crippen LogP) is 7.89. The van der Waals surface area contributed by atoms with E-state index in [-0.39, 0.29) is 12.8 Å². The normalized spacial score (nSPS) is 16.4. The van der Waals surface area contributed by atoms with E-state index in [1.165, 1.54) is 0 Å². The van der Waals surface area contributed by atoms with Crippen molar-refractivity contribution in [2.75, 3.05) is 0 Å². The van der Waals surface area contributed by atoms with Gasteiger partial charge in [0, 0.05) is 10.3 Å². The summed E-state index contributed by atoms with van der Waals surface area (Å²) < 4.78 is 167. The van der Waals surface area contributed by atoms with Crippen LogP contribution < -0.4 is 0 Å². The molecule has 14 heteroatoms. The summed E-state index contributed by atoms with van der Waals surface area (Å²) in [6.07, 6.45) is -7.65. The van der Waals surface area contributed by atoms with E-state index in [4.69, 9.17) is 0 Å². The fourth-order valence-corrected chi connectivity index (χ4v) is 3.10. The predicted molar refractivity (Wildman–Crippen MR) is 82.0 cm³/mol. The maximum atomic E-state index is 13.6. The van der Waals surface area contributed by atoms with E-state index < -0.39 is 46.1 Å². The number of rotatable bonds is 11. The maximum Gasteiger partial charge on any atom is 0.460 e. The third-order valence-electron chi connectivity index (χ3n) is 3.85. The summed E-state index contributed by atoms with van der Waals surface area (Å²) in [4.78, 5) is 0. The van der Waals surface area contributed by atoms with Gasteiger partial charge in [-0.15, -0.1) is 0 Å². The molecule has 0 aliphatic rings. The minimum absolute atomic E-state index is 0.201. The fraction of sp³-hybridized carbons (Fsp3) is 1.00. The Bertz CT molecular complexity index is 498. The molecule has 0 fully saturated rings. The number of unbranched alkanes of at least 4 members (excludes halogenated alkanes) is 3. The third-order valence-corrected chi connectivity index (χ3v) is 4.91. The Hall–Kier alpha value is -0.180. The van der Waals surface area contributed by atoms with Crippen molar-refractivity contribution in [1.29, 1.82) is 0 Å². The Labute approximate surface area is 165 Å². The Kier molecular flexibility index (Phi) is 8.84. The van der Waals surface area contributed by atoms with Crippen LogP contribution in [0.4, 0.5) is 57.1 Å². The van der Waals surface area contributed by atoms with Crippen LogP contribution in [0.3, 0.4) is 0 Å². The highest BCUT2D eigenvalue weighted by molar-refractivity contribution is 14.1. The molecule has 1 atom stereocenters. The van der Waals surface area contributed by atoms with Gasteiger partial charge in [0.25, 0.3) is 0 Å². The molecule has 0 aromatic rings. The standard InChI is InChI=1S/C14H16F13I/c1-2-3-4-5-6-8(28)7-9(15,16)10(17,18)11(19,20)12(21,22)13(23,24)14(25,26)27/h8H,2-7H2,1H3/t8-/m1/s1. The minimum Gasteiger partial charge on any atom is -0.200 e. The summed E-state index contributed by atoms with van der Waals surface area (Å²) in [6.45, 7) is 1.79. The van der Waals surface area contributed by atoms with Gasteiger partial charge in [-0.1, -0.05) is 55.2 Å². The molecule has 0 bridgehead atoms. The van der Waals surface area contributed by atoms with Gasteiger partial charge < -0.3 is 0 Å². The van der Waals surface area contributed by atoms with Crippen molar-refractivity contribution in [3.05, 3.63) is 0 Å². The largest absolute Gasteiger partial charge is 0.460 e. The lowest BCUT2D eigenvalue weighted by Gasteiger charge is -2.40. The summed E-state index contributed by atoms with van der Waals surface area (Å²) >= 11 is 1.16. The Morgan fingerprint density at radius 2 is 1.04 bits per heavy atom. The van der Waals surface area contributed by atoms with Crippen LogP contribution in [0.2, 0.25) is 0 Å². The van der Waals surface area contributed by atoms with Crippen LogP contribution in [-0.4, -0.2) is 39.7 Å². The highest BCUT2D eigenvalue weighted by Crippen LogP contribution is 2.61. The van der Waals surface area contributed by atoms with E-state index >= 15 is 0 Å². The maximum absolute atomic E-state index is 13.6. The van der Waals surface area contributed by atoms with Gasteiger partial charge in [0.15, 0.2) is 0 Å². The van der Waals surface area contributed by atoms with Crippen molar-refractivity contribution in [2.45, 2.75) is 85.2 Å². The molecule has 0 saturated carbocycles. The average molecular weight is 558 g/mol. The molecule has 0 amide bonds. The highest BCUT2D eigenvalue weighted by Gasteiger charge is 2.90. The molecule has 0 aliphatic carbocycles. The lowest BCUT2D eigenvalue weighted by molar-refractivity contribution is -0.440. The van der Waals surface area contributed by atoms with Crippen LogP contribution in [0, 0.1) is 0 Å². The molecule has 0 aromatic carbocycles. The summed E-state index contributed by atoms with van der Waals surface area (Å²) in [7, 11) is 0. The molecular formula is C14H16F13I. The Balaban J connectivity index is 5.67. The Morgan fingerprint density at radius 3 is 1.43 bits per heavy atom. The van der Waals surface area contributed by atoms with Crippen LogP contribution in [0.1, 0.15) is 45.4 Å². The van der Waals surface area contributed by atoms with Crippen molar-refractivity contribution >= 4 is 22.6 Å². The van der Waals surface area contributed by atoms with Gasteiger partial charge >= 0.3 is 35.8 Å². The first-order valence-corrected chi connectivity index (χ1v) is 9.05. The lowest BCUT2D eigenvalue weighted by Crippen LogP contribution is -2.70. The fourth-order valence-electron chi connectivity index (χ4n) is 2.10. The first-order valence-electron chi connectivity index (χ1n) is 7.80. The van der Waals surface area contributed by atoms with Gasteiger partial charge in [-0.3, -0.25) is 0 Å². The first kappa shape index (κ1) is 27.8. The van der Waals surface area contributed by atoms with Crippen molar-refractivity contribution in [2.24, 2.45) is 0 Å². The van der Waals surface area contributed by atoms with Crippen LogP contribution in [0.15, 0.2) is 0 Å². The number of hydrogen-bond acceptors (Lipinski definition) is 0. The monoisotopic (exact) mass is 558 g/mol. The molecule has 28 heavy (non-hydrogen) atoms. The number of hydrogen-bond donors (Lipinski definition) is 0. The topological polar surface area (TPSA) is 0 Å². The molecule has 0 radical (unpaired) electrons. The van der Waals surface area contributed by atoms with Gasteiger partial charge in [-0.2, -0.15) is 57.1 Å². The van der Waals surface area contributed by atoms with Gasteiger partial charge in [-0.25, -0.2) is 0 Å².